The van der Waals surface area contributed by atoms with Crippen LogP contribution in [-0.2, 0) is 6.54 Å². The molecule has 2 aromatic carbocycles. The second kappa shape index (κ2) is 7.67. The van der Waals surface area contributed by atoms with Crippen LogP contribution in [0.5, 0.6) is 0 Å². The molecule has 7 heteroatoms. The highest BCUT2D eigenvalue weighted by molar-refractivity contribution is 6.12. The quantitative estimate of drug-likeness (QED) is 0.522. The van der Waals surface area contributed by atoms with Gasteiger partial charge in [-0.3, -0.25) is 14.5 Å². The summed E-state index contributed by atoms with van der Waals surface area (Å²) in [6, 6.07) is 12.0. The summed E-state index contributed by atoms with van der Waals surface area (Å²) in [5.74, 6) is -1.08. The lowest BCUT2D eigenvalue weighted by Gasteiger charge is -2.10. The Bertz CT molecular complexity index is 1260. The van der Waals surface area contributed by atoms with Gasteiger partial charge in [0.1, 0.15) is 11.6 Å². The van der Waals surface area contributed by atoms with Gasteiger partial charge in [-0.05, 0) is 62.7 Å². The molecule has 0 saturated carbocycles. The number of carbonyl (C=O) groups excluding carboxylic acids is 1. The van der Waals surface area contributed by atoms with E-state index in [1.165, 1.54) is 24.3 Å². The molecular formula is C23H20F2N4O. The summed E-state index contributed by atoms with van der Waals surface area (Å²) < 4.78 is 28.7. The summed E-state index contributed by atoms with van der Waals surface area (Å²) in [6.07, 6.45) is 0. The van der Waals surface area contributed by atoms with Gasteiger partial charge in [-0.1, -0.05) is 12.1 Å². The van der Waals surface area contributed by atoms with E-state index < -0.39 is 5.82 Å². The van der Waals surface area contributed by atoms with Crippen LogP contribution < -0.4 is 5.32 Å². The summed E-state index contributed by atoms with van der Waals surface area (Å²) in [5.41, 5.74) is 4.49. The molecule has 1 N–H and O–H groups in total. The molecule has 0 atom stereocenters. The number of anilines is 1. The molecule has 0 saturated heterocycles. The minimum atomic E-state index is -0.429. The molecule has 0 fully saturated rings. The van der Waals surface area contributed by atoms with Gasteiger partial charge in [0.15, 0.2) is 0 Å². The number of nitrogens with one attached hydrogen (secondary N) is 1. The van der Waals surface area contributed by atoms with Crippen molar-refractivity contribution in [1.82, 2.24) is 14.8 Å². The molecule has 2 aromatic heterocycles. The van der Waals surface area contributed by atoms with Gasteiger partial charge in [0.25, 0.3) is 5.91 Å². The summed E-state index contributed by atoms with van der Waals surface area (Å²) in [6.45, 7) is 5.90. The van der Waals surface area contributed by atoms with Crippen LogP contribution >= 0.6 is 0 Å². The second-order valence-corrected chi connectivity index (χ2v) is 7.26. The molecule has 4 rings (SSSR count). The van der Waals surface area contributed by atoms with Crippen molar-refractivity contribution < 1.29 is 13.6 Å². The van der Waals surface area contributed by atoms with Crippen LogP contribution in [0.1, 0.15) is 33.0 Å². The highest BCUT2D eigenvalue weighted by Gasteiger charge is 2.18. The molecule has 2 heterocycles. The number of halogens is 2. The summed E-state index contributed by atoms with van der Waals surface area (Å²) in [7, 11) is 0. The highest BCUT2D eigenvalue weighted by atomic mass is 19.1. The first-order chi connectivity index (χ1) is 14.3. The molecule has 152 valence electrons. The maximum absolute atomic E-state index is 13.8. The number of nitrogens with zero attached hydrogens (tertiary/aromatic N) is 3. The first-order valence-corrected chi connectivity index (χ1v) is 9.48. The van der Waals surface area contributed by atoms with Crippen LogP contribution in [0.4, 0.5) is 14.5 Å². The van der Waals surface area contributed by atoms with Crippen LogP contribution in [0.15, 0.2) is 48.5 Å². The van der Waals surface area contributed by atoms with E-state index in [0.29, 0.717) is 40.1 Å². The van der Waals surface area contributed by atoms with Crippen molar-refractivity contribution in [3.8, 4) is 0 Å². The van der Waals surface area contributed by atoms with Gasteiger partial charge in [0.2, 0.25) is 0 Å². The average molecular weight is 406 g/mol. The molecule has 4 aromatic rings. The van der Waals surface area contributed by atoms with Crippen molar-refractivity contribution in [3.05, 3.63) is 88.4 Å². The third kappa shape index (κ3) is 3.78. The minimum Gasteiger partial charge on any atom is -0.319 e. The first-order valence-electron chi connectivity index (χ1n) is 9.48. The van der Waals surface area contributed by atoms with E-state index in [2.05, 4.69) is 15.4 Å². The molecular weight excluding hydrogens is 386 g/mol. The number of rotatable bonds is 4. The number of benzene rings is 2. The molecule has 5 nitrogen and oxygen atoms in total. The van der Waals surface area contributed by atoms with Gasteiger partial charge in [0, 0.05) is 11.1 Å². The lowest BCUT2D eigenvalue weighted by atomic mass is 10.1. The van der Waals surface area contributed by atoms with Crippen molar-refractivity contribution in [1.29, 1.82) is 0 Å². The first kappa shape index (κ1) is 19.7. The molecule has 0 unspecified atom stereocenters. The van der Waals surface area contributed by atoms with Crippen molar-refractivity contribution in [3.63, 3.8) is 0 Å². The zero-order valence-corrected chi connectivity index (χ0v) is 16.8. The Hall–Kier alpha value is -3.61. The fourth-order valence-corrected chi connectivity index (χ4v) is 3.49. The Morgan fingerprint density at radius 2 is 1.70 bits per heavy atom. The predicted molar refractivity (Wildman–Crippen MR) is 112 cm³/mol. The van der Waals surface area contributed by atoms with E-state index in [1.807, 2.05) is 6.92 Å². The van der Waals surface area contributed by atoms with E-state index >= 15 is 0 Å². The molecule has 1 amide bonds. The number of carbonyl (C=O) groups is 1. The highest BCUT2D eigenvalue weighted by Crippen LogP contribution is 2.24. The van der Waals surface area contributed by atoms with Crippen molar-refractivity contribution in [2.75, 3.05) is 5.32 Å². The lowest BCUT2D eigenvalue weighted by molar-refractivity contribution is 0.102. The fourth-order valence-electron chi connectivity index (χ4n) is 3.49. The Morgan fingerprint density at radius 3 is 2.43 bits per heavy atom. The maximum Gasteiger partial charge on any atom is 0.256 e. The molecule has 0 aliphatic carbocycles. The SMILES string of the molecule is Cc1cc(C(=O)Nc2c(C)nn(Cc3ccc(F)cc3)c2C)c2cc(F)ccc2n1. The standard InChI is InChI=1S/C23H20F2N4O/c1-13-10-20(19-11-18(25)8-9-21(19)26-13)23(30)27-22-14(2)28-29(15(22)3)12-16-4-6-17(24)7-5-16/h4-11H,12H2,1-3H3,(H,27,30). The van der Waals surface area contributed by atoms with Gasteiger partial charge in [0.05, 0.1) is 34.7 Å². The van der Waals surface area contributed by atoms with Crippen LogP contribution in [0.25, 0.3) is 10.9 Å². The van der Waals surface area contributed by atoms with Gasteiger partial charge in [-0.15, -0.1) is 0 Å². The van der Waals surface area contributed by atoms with Crippen molar-refractivity contribution in [2.45, 2.75) is 27.3 Å². The largest absolute Gasteiger partial charge is 0.319 e. The van der Waals surface area contributed by atoms with Gasteiger partial charge < -0.3 is 5.32 Å². The second-order valence-electron chi connectivity index (χ2n) is 7.26. The Labute approximate surface area is 172 Å². The number of aromatic nitrogens is 3. The molecule has 0 bridgehead atoms. The zero-order valence-electron chi connectivity index (χ0n) is 16.8. The van der Waals surface area contributed by atoms with Gasteiger partial charge in [-0.2, -0.15) is 5.10 Å². The molecule has 0 radical (unpaired) electrons. The van der Waals surface area contributed by atoms with Crippen LogP contribution in [0.2, 0.25) is 0 Å². The Balaban J connectivity index is 1.66. The average Bonchev–Trinajstić information content (AvgIpc) is 2.96. The van der Waals surface area contributed by atoms with E-state index in [1.54, 1.807) is 42.8 Å². The predicted octanol–water partition coefficient (Wildman–Crippen LogP) is 4.94. The lowest BCUT2D eigenvalue weighted by Crippen LogP contribution is -2.14. The zero-order chi connectivity index (χ0) is 21.4. The van der Waals surface area contributed by atoms with Gasteiger partial charge >= 0.3 is 0 Å². The number of fused-ring (bicyclic) bond motifs is 1. The summed E-state index contributed by atoms with van der Waals surface area (Å²) in [4.78, 5) is 17.4. The molecule has 0 aliphatic heterocycles. The number of pyridine rings is 1. The number of amides is 1. The smallest absolute Gasteiger partial charge is 0.256 e. The number of hydrogen-bond acceptors (Lipinski definition) is 3. The monoisotopic (exact) mass is 406 g/mol. The van der Waals surface area contributed by atoms with Crippen LogP contribution in [0, 0.1) is 32.4 Å². The van der Waals surface area contributed by atoms with E-state index in [-0.39, 0.29) is 11.7 Å². The molecule has 30 heavy (non-hydrogen) atoms. The topological polar surface area (TPSA) is 59.8 Å². The van der Waals surface area contributed by atoms with Crippen molar-refractivity contribution >= 4 is 22.5 Å². The van der Waals surface area contributed by atoms with Crippen LogP contribution in [0.3, 0.4) is 0 Å². The van der Waals surface area contributed by atoms with Crippen LogP contribution in [-0.4, -0.2) is 20.7 Å². The number of aryl methyl sites for hydroxylation is 2. The Morgan fingerprint density at radius 1 is 1.00 bits per heavy atom. The van der Waals surface area contributed by atoms with Crippen molar-refractivity contribution in [2.24, 2.45) is 0 Å². The van der Waals surface area contributed by atoms with Gasteiger partial charge in [-0.25, -0.2) is 8.78 Å². The Kier molecular flexibility index (Phi) is 5.03. The minimum absolute atomic E-state index is 0.295. The third-order valence-electron chi connectivity index (χ3n) is 5.01. The third-order valence-corrected chi connectivity index (χ3v) is 5.01. The van der Waals surface area contributed by atoms with E-state index in [9.17, 15) is 13.6 Å². The molecule has 0 aliphatic rings. The normalized spacial score (nSPS) is 11.1. The molecule has 0 spiro atoms. The summed E-state index contributed by atoms with van der Waals surface area (Å²) in [5, 5.41) is 7.87. The summed E-state index contributed by atoms with van der Waals surface area (Å²) >= 11 is 0. The van der Waals surface area contributed by atoms with E-state index in [4.69, 9.17) is 0 Å². The van der Waals surface area contributed by atoms with E-state index in [0.717, 1.165) is 11.3 Å². The maximum atomic E-state index is 13.8. The number of hydrogen-bond donors (Lipinski definition) is 1. The fraction of sp³-hybridized carbons (Fsp3) is 0.174.